The molecular weight excluding hydrogens is 235 g/mol. The number of thioether (sulfide) groups is 1. The Morgan fingerprint density at radius 3 is 2.87 bits per heavy atom. The molecule has 82 valence electrons. The van der Waals surface area contributed by atoms with E-state index in [0.717, 1.165) is 0 Å². The van der Waals surface area contributed by atoms with Gasteiger partial charge in [-0.25, -0.2) is 4.39 Å². The van der Waals surface area contributed by atoms with Crippen LogP contribution in [0, 0.1) is 5.82 Å². The van der Waals surface area contributed by atoms with Gasteiger partial charge in [0, 0.05) is 21.6 Å². The highest BCUT2D eigenvalue weighted by atomic mass is 35.5. The van der Waals surface area contributed by atoms with Gasteiger partial charge >= 0.3 is 0 Å². The van der Waals surface area contributed by atoms with E-state index in [2.05, 4.69) is 0 Å². The number of hydrogen-bond donors (Lipinski definition) is 1. The Balaban J connectivity index is 2.37. The van der Waals surface area contributed by atoms with Crippen LogP contribution in [0.4, 0.5) is 4.39 Å². The summed E-state index contributed by atoms with van der Waals surface area (Å²) in [5.74, 6) is 0.131. The van der Waals surface area contributed by atoms with Gasteiger partial charge in [-0.1, -0.05) is 24.6 Å². The summed E-state index contributed by atoms with van der Waals surface area (Å²) in [5.41, 5.74) is -0.664. The lowest BCUT2D eigenvalue weighted by atomic mass is 9.91. The second kappa shape index (κ2) is 3.96. The third kappa shape index (κ3) is 2.14. The minimum Gasteiger partial charge on any atom is -0.384 e. The second-order valence-electron chi connectivity index (χ2n) is 3.98. The molecule has 1 aliphatic heterocycles. The zero-order valence-electron chi connectivity index (χ0n) is 8.34. The lowest BCUT2D eigenvalue weighted by Gasteiger charge is -2.22. The third-order valence-corrected chi connectivity index (χ3v) is 4.28. The summed E-state index contributed by atoms with van der Waals surface area (Å²) >= 11 is 7.33. The van der Waals surface area contributed by atoms with Crippen LogP contribution in [0.3, 0.4) is 0 Å². The van der Waals surface area contributed by atoms with E-state index < -0.39 is 11.4 Å². The van der Waals surface area contributed by atoms with Gasteiger partial charge in [0.1, 0.15) is 11.4 Å². The summed E-state index contributed by atoms with van der Waals surface area (Å²) in [7, 11) is 0. The largest absolute Gasteiger partial charge is 0.384 e. The van der Waals surface area contributed by atoms with Crippen molar-refractivity contribution in [3.63, 3.8) is 0 Å². The average molecular weight is 247 g/mol. The molecule has 0 saturated carbocycles. The fourth-order valence-corrected chi connectivity index (χ4v) is 3.31. The number of aliphatic hydroxyl groups is 1. The zero-order valence-corrected chi connectivity index (χ0v) is 9.91. The minimum absolute atomic E-state index is 0.360. The predicted molar refractivity (Wildman–Crippen MR) is 61.8 cm³/mol. The van der Waals surface area contributed by atoms with Crippen molar-refractivity contribution in [1.29, 1.82) is 0 Å². The highest BCUT2D eigenvalue weighted by molar-refractivity contribution is 8.00. The molecule has 4 heteroatoms. The van der Waals surface area contributed by atoms with Gasteiger partial charge in [-0.15, -0.1) is 0 Å². The van der Waals surface area contributed by atoms with Gasteiger partial charge in [0.25, 0.3) is 0 Å². The summed E-state index contributed by atoms with van der Waals surface area (Å²) in [6.07, 6.45) is 0.593. The van der Waals surface area contributed by atoms with Crippen molar-refractivity contribution in [3.05, 3.63) is 34.6 Å². The van der Waals surface area contributed by atoms with Gasteiger partial charge < -0.3 is 5.11 Å². The molecule has 1 aromatic carbocycles. The standard InChI is InChI=1S/C11H12ClFOS/c1-7-5-11(14,6-15-7)9-3-2-8(12)4-10(9)13/h2-4,7,14H,5-6H2,1H3. The minimum atomic E-state index is -1.03. The van der Waals surface area contributed by atoms with Crippen LogP contribution in [0.15, 0.2) is 18.2 Å². The summed E-state index contributed by atoms with van der Waals surface area (Å²) in [4.78, 5) is 0. The Labute approximate surface area is 97.6 Å². The highest BCUT2D eigenvalue weighted by Crippen LogP contribution is 2.42. The molecular formula is C11H12ClFOS. The summed E-state index contributed by atoms with van der Waals surface area (Å²) in [5, 5.41) is 11.0. The Morgan fingerprint density at radius 1 is 1.60 bits per heavy atom. The summed E-state index contributed by atoms with van der Waals surface area (Å²) in [6.45, 7) is 2.04. The molecule has 0 amide bonds. The lowest BCUT2D eigenvalue weighted by molar-refractivity contribution is 0.0574. The Morgan fingerprint density at radius 2 is 2.33 bits per heavy atom. The molecule has 1 aromatic rings. The van der Waals surface area contributed by atoms with Crippen LogP contribution in [-0.2, 0) is 5.60 Å². The van der Waals surface area contributed by atoms with E-state index in [-0.39, 0.29) is 0 Å². The van der Waals surface area contributed by atoms with E-state index in [1.54, 1.807) is 23.9 Å². The quantitative estimate of drug-likeness (QED) is 0.821. The van der Waals surface area contributed by atoms with E-state index in [9.17, 15) is 9.50 Å². The molecule has 15 heavy (non-hydrogen) atoms. The molecule has 1 aliphatic rings. The molecule has 2 unspecified atom stereocenters. The molecule has 0 bridgehead atoms. The van der Waals surface area contributed by atoms with Crippen molar-refractivity contribution >= 4 is 23.4 Å². The van der Waals surface area contributed by atoms with Crippen molar-refractivity contribution in [2.45, 2.75) is 24.2 Å². The number of benzene rings is 1. The van der Waals surface area contributed by atoms with Crippen LogP contribution in [0.2, 0.25) is 5.02 Å². The van der Waals surface area contributed by atoms with E-state index in [1.165, 1.54) is 6.07 Å². The normalized spacial score (nSPS) is 30.8. The molecule has 0 aliphatic carbocycles. The topological polar surface area (TPSA) is 20.2 Å². The molecule has 0 radical (unpaired) electrons. The number of hydrogen-bond acceptors (Lipinski definition) is 2. The Kier molecular flexibility index (Phi) is 2.97. The van der Waals surface area contributed by atoms with Crippen molar-refractivity contribution in [2.24, 2.45) is 0 Å². The number of halogens is 2. The molecule has 2 rings (SSSR count). The zero-order chi connectivity index (χ0) is 11.1. The van der Waals surface area contributed by atoms with Crippen LogP contribution >= 0.6 is 23.4 Å². The van der Waals surface area contributed by atoms with Crippen LogP contribution in [-0.4, -0.2) is 16.1 Å². The molecule has 1 heterocycles. The first-order valence-corrected chi connectivity index (χ1v) is 6.23. The fraction of sp³-hybridized carbons (Fsp3) is 0.455. The Bertz CT molecular complexity index is 385. The van der Waals surface area contributed by atoms with E-state index in [0.29, 0.717) is 28.0 Å². The maximum absolute atomic E-state index is 13.6. The lowest BCUT2D eigenvalue weighted by Crippen LogP contribution is -2.26. The van der Waals surface area contributed by atoms with Crippen molar-refractivity contribution < 1.29 is 9.50 Å². The molecule has 2 atom stereocenters. The van der Waals surface area contributed by atoms with Gasteiger partial charge in [-0.3, -0.25) is 0 Å². The first-order valence-electron chi connectivity index (χ1n) is 4.81. The Hall–Kier alpha value is -0.250. The molecule has 1 nitrogen and oxygen atoms in total. The first-order chi connectivity index (χ1) is 7.01. The fourth-order valence-electron chi connectivity index (χ4n) is 1.93. The summed E-state index contributed by atoms with van der Waals surface area (Å²) in [6, 6.07) is 4.45. The van der Waals surface area contributed by atoms with Gasteiger partial charge in [-0.2, -0.15) is 11.8 Å². The number of rotatable bonds is 1. The van der Waals surface area contributed by atoms with Crippen LogP contribution < -0.4 is 0 Å². The molecule has 0 spiro atoms. The van der Waals surface area contributed by atoms with Gasteiger partial charge in [0.2, 0.25) is 0 Å². The molecule has 1 saturated heterocycles. The molecule has 0 aromatic heterocycles. The maximum Gasteiger partial charge on any atom is 0.130 e. The monoisotopic (exact) mass is 246 g/mol. The summed E-state index contributed by atoms with van der Waals surface area (Å²) < 4.78 is 13.6. The van der Waals surface area contributed by atoms with Crippen molar-refractivity contribution in [2.75, 3.05) is 5.75 Å². The SMILES string of the molecule is CC1CC(O)(c2ccc(Cl)cc2F)CS1. The maximum atomic E-state index is 13.6. The molecule has 1 N–H and O–H groups in total. The van der Waals surface area contributed by atoms with E-state index in [1.807, 2.05) is 6.92 Å². The second-order valence-corrected chi connectivity index (χ2v) is 5.84. The van der Waals surface area contributed by atoms with Crippen LogP contribution in [0.5, 0.6) is 0 Å². The van der Waals surface area contributed by atoms with E-state index in [4.69, 9.17) is 11.6 Å². The van der Waals surface area contributed by atoms with Gasteiger partial charge in [0.15, 0.2) is 0 Å². The van der Waals surface area contributed by atoms with Crippen molar-refractivity contribution in [1.82, 2.24) is 0 Å². The predicted octanol–water partition coefficient (Wildman–Crippen LogP) is 3.19. The van der Waals surface area contributed by atoms with E-state index >= 15 is 0 Å². The smallest absolute Gasteiger partial charge is 0.130 e. The van der Waals surface area contributed by atoms with Crippen LogP contribution in [0.25, 0.3) is 0 Å². The van der Waals surface area contributed by atoms with Gasteiger partial charge in [-0.05, 0) is 18.6 Å². The molecule has 1 fully saturated rings. The van der Waals surface area contributed by atoms with Gasteiger partial charge in [0.05, 0.1) is 0 Å². The first kappa shape index (κ1) is 11.2. The third-order valence-electron chi connectivity index (χ3n) is 2.66. The average Bonchev–Trinajstić information content (AvgIpc) is 2.46. The van der Waals surface area contributed by atoms with Crippen LogP contribution in [0.1, 0.15) is 18.9 Å². The highest BCUT2D eigenvalue weighted by Gasteiger charge is 2.39. The van der Waals surface area contributed by atoms with Crippen molar-refractivity contribution in [3.8, 4) is 0 Å².